The van der Waals surface area contributed by atoms with Crippen molar-refractivity contribution in [2.24, 2.45) is 0 Å². The Bertz CT molecular complexity index is 157. The molecule has 0 aliphatic rings. The maximum Gasteiger partial charge on any atom is 0.0978 e. The zero-order valence-electron chi connectivity index (χ0n) is 9.64. The van der Waals surface area contributed by atoms with Crippen molar-refractivity contribution in [3.8, 4) is 0 Å². The van der Waals surface area contributed by atoms with Gasteiger partial charge in [-0.25, -0.2) is 0 Å². The minimum atomic E-state index is 0. The van der Waals surface area contributed by atoms with E-state index in [-0.39, 0.29) is 50.9 Å². The summed E-state index contributed by atoms with van der Waals surface area (Å²) in [6.45, 7) is 18.8. The van der Waals surface area contributed by atoms with Gasteiger partial charge in [0.05, 0.1) is 26.2 Å². The topological polar surface area (TPSA) is 0 Å². The fraction of sp³-hybridized carbons (Fsp3) is 0.333. The Kier molecular flexibility index (Phi) is 24.3. The molecule has 0 saturated carbocycles. The van der Waals surface area contributed by atoms with Gasteiger partial charge in [-0.05, 0) is 24.3 Å². The number of hydrogen-bond acceptors (Lipinski definition) is 0. The lowest BCUT2D eigenvalue weighted by Gasteiger charge is -2.35. The number of quaternary nitrogens is 1. The quantitative estimate of drug-likeness (QED) is 0.406. The minimum Gasteiger partial charge on any atom is -0.311 e. The molecule has 0 heterocycles. The van der Waals surface area contributed by atoms with Gasteiger partial charge in [0.1, 0.15) is 0 Å². The summed E-state index contributed by atoms with van der Waals surface area (Å²) < 4.78 is 0.903. The Morgan fingerprint density at radius 2 is 0.750 bits per heavy atom. The first-order valence-electron chi connectivity index (χ1n) is 4.53. The molecule has 0 bridgehead atoms. The molecule has 0 spiro atoms. The molecule has 0 aromatic carbocycles. The molecule has 0 atom stereocenters. The van der Waals surface area contributed by atoms with Crippen molar-refractivity contribution in [2.75, 3.05) is 26.2 Å². The number of hydrogen-bond donors (Lipinski definition) is 0. The Morgan fingerprint density at radius 3 is 0.875 bits per heavy atom. The van der Waals surface area contributed by atoms with Crippen LogP contribution in [-0.4, -0.2) is 30.7 Å². The third-order valence-corrected chi connectivity index (χ3v) is 2.07. The minimum absolute atomic E-state index is 0. The van der Waals surface area contributed by atoms with Crippen LogP contribution in [0.4, 0.5) is 0 Å². The van der Waals surface area contributed by atoms with Crippen LogP contribution in [0.1, 0.15) is 0 Å². The van der Waals surface area contributed by atoms with E-state index < -0.39 is 0 Å². The number of halogens is 3. The fourth-order valence-corrected chi connectivity index (χ4v) is 1.54. The van der Waals surface area contributed by atoms with Crippen LogP contribution in [0.5, 0.6) is 0 Å². The monoisotopic (exact) mass is 418 g/mol. The van der Waals surface area contributed by atoms with Crippen LogP contribution in [0.15, 0.2) is 50.6 Å². The summed E-state index contributed by atoms with van der Waals surface area (Å²) in [6, 6.07) is 0. The van der Waals surface area contributed by atoms with Gasteiger partial charge >= 0.3 is 0 Å². The standard InChI is InChI=1S/C12H20N.3BrH/c1-5-9-13(10-6-2,11-7-3)12-8-4;;;/h5-8H,1-4,9-12H2;3*1H/q+1;;;. The van der Waals surface area contributed by atoms with E-state index in [9.17, 15) is 0 Å². The highest BCUT2D eigenvalue weighted by Crippen LogP contribution is 2.07. The predicted molar refractivity (Wildman–Crippen MR) is 91.5 cm³/mol. The van der Waals surface area contributed by atoms with Gasteiger partial charge in [0, 0.05) is 0 Å². The second-order valence-electron chi connectivity index (χ2n) is 3.23. The fourth-order valence-electron chi connectivity index (χ4n) is 1.54. The lowest BCUT2D eigenvalue weighted by Crippen LogP contribution is -2.48. The van der Waals surface area contributed by atoms with Crippen LogP contribution in [0.3, 0.4) is 0 Å². The lowest BCUT2D eigenvalue weighted by atomic mass is 10.3. The Morgan fingerprint density at radius 1 is 0.562 bits per heavy atom. The molecule has 0 unspecified atom stereocenters. The maximum absolute atomic E-state index is 3.77. The second kappa shape index (κ2) is 15.4. The average Bonchev–Trinajstić information content (AvgIpc) is 2.06. The van der Waals surface area contributed by atoms with Crippen LogP contribution in [-0.2, 0) is 0 Å². The summed E-state index contributed by atoms with van der Waals surface area (Å²) in [5.41, 5.74) is 0. The molecule has 0 aromatic rings. The summed E-state index contributed by atoms with van der Waals surface area (Å²) in [6.07, 6.45) is 7.76. The molecule has 0 rings (SSSR count). The molecule has 0 N–H and O–H groups in total. The normalized spacial score (nSPS) is 8.50. The van der Waals surface area contributed by atoms with E-state index in [4.69, 9.17) is 0 Å². The summed E-state index contributed by atoms with van der Waals surface area (Å²) in [4.78, 5) is 0. The van der Waals surface area contributed by atoms with E-state index in [1.165, 1.54) is 0 Å². The average molecular weight is 421 g/mol. The SMILES string of the molecule is Br.Br.Br.C=CC[N+](CC=C)(CC=C)CC=C. The summed E-state index contributed by atoms with van der Waals surface area (Å²) in [7, 11) is 0. The molecule has 0 aromatic heterocycles. The molecule has 1 nitrogen and oxygen atoms in total. The third kappa shape index (κ3) is 9.58. The van der Waals surface area contributed by atoms with E-state index in [2.05, 4.69) is 26.3 Å². The van der Waals surface area contributed by atoms with E-state index in [1.807, 2.05) is 24.3 Å². The number of rotatable bonds is 8. The zero-order chi connectivity index (χ0) is 10.2. The van der Waals surface area contributed by atoms with Crippen LogP contribution in [0.2, 0.25) is 0 Å². The first-order chi connectivity index (χ1) is 6.24. The third-order valence-electron chi connectivity index (χ3n) is 2.07. The van der Waals surface area contributed by atoms with Crippen LogP contribution in [0.25, 0.3) is 0 Å². The molecule has 0 radical (unpaired) electrons. The molecule has 16 heavy (non-hydrogen) atoms. The number of nitrogens with zero attached hydrogens (tertiary/aromatic N) is 1. The lowest BCUT2D eigenvalue weighted by molar-refractivity contribution is -0.906. The molecule has 96 valence electrons. The van der Waals surface area contributed by atoms with Crippen molar-refractivity contribution in [1.29, 1.82) is 0 Å². The molecular formula is C12H23Br3N+. The van der Waals surface area contributed by atoms with Crippen molar-refractivity contribution >= 4 is 50.9 Å². The summed E-state index contributed by atoms with van der Waals surface area (Å²) in [5.74, 6) is 0. The van der Waals surface area contributed by atoms with Crippen LogP contribution in [0, 0.1) is 0 Å². The van der Waals surface area contributed by atoms with Gasteiger partial charge in [0.25, 0.3) is 0 Å². The zero-order valence-corrected chi connectivity index (χ0v) is 14.8. The van der Waals surface area contributed by atoms with E-state index in [0.29, 0.717) is 0 Å². The van der Waals surface area contributed by atoms with Gasteiger partial charge < -0.3 is 4.48 Å². The van der Waals surface area contributed by atoms with E-state index >= 15 is 0 Å². The van der Waals surface area contributed by atoms with Gasteiger partial charge in [-0.3, -0.25) is 0 Å². The summed E-state index contributed by atoms with van der Waals surface area (Å²) >= 11 is 0. The van der Waals surface area contributed by atoms with Crippen LogP contribution >= 0.6 is 50.9 Å². The van der Waals surface area contributed by atoms with Gasteiger partial charge in [-0.2, -0.15) is 0 Å². The highest BCUT2D eigenvalue weighted by molar-refractivity contribution is 8.93. The molecule has 0 aliphatic heterocycles. The molecule has 4 heteroatoms. The van der Waals surface area contributed by atoms with Crippen molar-refractivity contribution in [3.05, 3.63) is 50.6 Å². The van der Waals surface area contributed by atoms with E-state index in [1.54, 1.807) is 0 Å². The van der Waals surface area contributed by atoms with Crippen LogP contribution < -0.4 is 0 Å². The Labute approximate surface area is 132 Å². The van der Waals surface area contributed by atoms with Crippen molar-refractivity contribution in [2.45, 2.75) is 0 Å². The summed E-state index contributed by atoms with van der Waals surface area (Å²) in [5, 5.41) is 0. The first-order valence-corrected chi connectivity index (χ1v) is 4.53. The molecular weight excluding hydrogens is 398 g/mol. The van der Waals surface area contributed by atoms with Gasteiger partial charge in [-0.1, -0.05) is 26.3 Å². The Hall–Kier alpha value is 0.360. The molecule has 0 aliphatic carbocycles. The molecule has 0 amide bonds. The highest BCUT2D eigenvalue weighted by atomic mass is 79.9. The van der Waals surface area contributed by atoms with Crippen molar-refractivity contribution in [3.63, 3.8) is 0 Å². The highest BCUT2D eigenvalue weighted by Gasteiger charge is 2.20. The van der Waals surface area contributed by atoms with Crippen molar-refractivity contribution in [1.82, 2.24) is 0 Å². The van der Waals surface area contributed by atoms with Gasteiger partial charge in [-0.15, -0.1) is 50.9 Å². The Balaban J connectivity index is -0.000000240. The largest absolute Gasteiger partial charge is 0.311 e. The van der Waals surface area contributed by atoms with Crippen molar-refractivity contribution < 1.29 is 4.48 Å². The molecule has 0 saturated heterocycles. The smallest absolute Gasteiger partial charge is 0.0978 e. The molecule has 0 fully saturated rings. The van der Waals surface area contributed by atoms with Gasteiger partial charge in [0.2, 0.25) is 0 Å². The van der Waals surface area contributed by atoms with Gasteiger partial charge in [0.15, 0.2) is 0 Å². The van der Waals surface area contributed by atoms with E-state index in [0.717, 1.165) is 30.7 Å². The predicted octanol–water partition coefficient (Wildman–Crippen LogP) is 4.28. The second-order valence-corrected chi connectivity index (χ2v) is 3.23. The maximum atomic E-state index is 3.77. The first kappa shape index (κ1) is 25.3.